The molecule has 3 saturated carbocycles. The molecule has 1 aliphatic heterocycles. The number of carboxylic acids is 1. The largest absolute Gasteiger partial charge is 0.481 e. The lowest BCUT2D eigenvalue weighted by Crippen LogP contribution is -2.70. The molecule has 0 spiro atoms. The predicted octanol–water partition coefficient (Wildman–Crippen LogP) is 6.79. The van der Waals surface area contributed by atoms with Crippen molar-refractivity contribution in [2.75, 3.05) is 33.9 Å². The third-order valence-electron chi connectivity index (χ3n) is 16.7. The van der Waals surface area contributed by atoms with Gasteiger partial charge in [-0.05, 0) is 104 Å². The van der Waals surface area contributed by atoms with E-state index in [-0.39, 0.29) is 51.7 Å². The first kappa shape index (κ1) is 38.4. The maximum absolute atomic E-state index is 13.6. The van der Waals surface area contributed by atoms with Gasteiger partial charge in [0.1, 0.15) is 6.33 Å². The maximum Gasteiger partial charge on any atom is 0.307 e. The summed E-state index contributed by atoms with van der Waals surface area (Å²) >= 11 is 0. The lowest BCUT2D eigenvalue weighted by atomic mass is 9.34. The second-order valence-electron chi connectivity index (χ2n) is 19.3. The van der Waals surface area contributed by atoms with E-state index in [2.05, 4.69) is 90.9 Å². The van der Waals surface area contributed by atoms with Crippen molar-refractivity contribution in [1.29, 1.82) is 0 Å². The third-order valence-corrected chi connectivity index (χ3v) is 16.7. The van der Waals surface area contributed by atoms with Crippen LogP contribution in [-0.4, -0.2) is 77.3 Å². The molecule has 51 heavy (non-hydrogen) atoms. The molecular weight excluding hydrogens is 642 g/mol. The van der Waals surface area contributed by atoms with Gasteiger partial charge in [-0.25, -0.2) is 9.67 Å². The highest BCUT2D eigenvalue weighted by Crippen LogP contribution is 2.75. The number of carbonyl (C=O) groups is 2. The number of aromatic nitrogens is 3. The molecule has 10 heteroatoms. The Morgan fingerprint density at radius 2 is 1.78 bits per heavy atom. The van der Waals surface area contributed by atoms with Crippen LogP contribution >= 0.6 is 0 Å². The molecular formula is C41H67N5O5. The number of ether oxygens (including phenoxy) is 2. The Balaban J connectivity index is 1.54. The van der Waals surface area contributed by atoms with E-state index in [9.17, 15) is 14.7 Å². The molecule has 6 rings (SSSR count). The number of aliphatic carboxylic acids is 1. The number of fused-ring (bicyclic) bond motifs is 3. The Hall–Kier alpha value is -2.30. The van der Waals surface area contributed by atoms with Crippen molar-refractivity contribution >= 4 is 11.9 Å². The van der Waals surface area contributed by atoms with Gasteiger partial charge in [-0.2, -0.15) is 5.10 Å². The van der Waals surface area contributed by atoms with Crippen LogP contribution < -0.4 is 10.6 Å². The lowest BCUT2D eigenvalue weighted by molar-refractivity contribution is -0.255. The molecule has 1 saturated heterocycles. The topological polar surface area (TPSA) is 128 Å². The summed E-state index contributed by atoms with van der Waals surface area (Å²) in [4.78, 5) is 31.3. The van der Waals surface area contributed by atoms with E-state index in [1.54, 1.807) is 7.05 Å². The molecule has 1 aromatic rings. The molecule has 10 nitrogen and oxygen atoms in total. The highest BCUT2D eigenvalue weighted by Gasteiger charge is 2.73. The molecule has 3 N–H and O–H groups in total. The summed E-state index contributed by atoms with van der Waals surface area (Å²) in [6.45, 7) is 24.5. The average molecular weight is 710 g/mol. The number of likely N-dealkylation sites (N-methyl/N-ethyl adjacent to an activating group) is 1. The first-order valence-corrected chi connectivity index (χ1v) is 19.7. The molecule has 4 fully saturated rings. The Bertz CT molecular complexity index is 1540. The van der Waals surface area contributed by atoms with Gasteiger partial charge in [0.05, 0.1) is 37.9 Å². The molecule has 0 aromatic carbocycles. The van der Waals surface area contributed by atoms with Gasteiger partial charge in [-0.3, -0.25) is 9.59 Å². The second kappa shape index (κ2) is 12.9. The van der Waals surface area contributed by atoms with E-state index in [1.165, 1.54) is 11.9 Å². The van der Waals surface area contributed by atoms with E-state index in [0.717, 1.165) is 32.1 Å². The van der Waals surface area contributed by atoms with Crippen molar-refractivity contribution in [3.63, 3.8) is 0 Å². The fourth-order valence-corrected chi connectivity index (χ4v) is 12.6. The van der Waals surface area contributed by atoms with Crippen molar-refractivity contribution in [3.05, 3.63) is 23.8 Å². The molecule has 0 unspecified atom stereocenters. The van der Waals surface area contributed by atoms with Gasteiger partial charge in [0.2, 0.25) is 5.82 Å². The number of rotatable bonds is 10. The van der Waals surface area contributed by atoms with E-state index in [1.807, 2.05) is 11.7 Å². The lowest BCUT2D eigenvalue weighted by Gasteiger charge is -2.71. The third kappa shape index (κ3) is 5.33. The number of hydrogen-bond donors (Lipinski definition) is 3. The van der Waals surface area contributed by atoms with Crippen molar-refractivity contribution < 1.29 is 24.2 Å². The monoisotopic (exact) mass is 710 g/mol. The summed E-state index contributed by atoms with van der Waals surface area (Å²) in [5, 5.41) is 22.2. The normalized spacial score (nSPS) is 42.2. The Morgan fingerprint density at radius 1 is 1.08 bits per heavy atom. The van der Waals surface area contributed by atoms with Crippen LogP contribution in [0.15, 0.2) is 18.0 Å². The first-order chi connectivity index (χ1) is 23.8. The SMILES string of the molecule is CNC(=O)c1ncnn1[C@@H]1C[C@]2(C)COC[C@@]3(C4=CC[C@@]5(C)[C@H](C(=O)O)[C@@](C)([C@H](C)C(C)C)CC[C@]5(C)[C@H]4CC[C@H]23)[C@H]1OC[C@](C)(NC)C(C)C. The van der Waals surface area contributed by atoms with Crippen LogP contribution in [-0.2, 0) is 14.3 Å². The van der Waals surface area contributed by atoms with Crippen molar-refractivity contribution in [3.8, 4) is 0 Å². The molecule has 2 bridgehead atoms. The Morgan fingerprint density at radius 3 is 2.39 bits per heavy atom. The fourth-order valence-electron chi connectivity index (χ4n) is 12.6. The van der Waals surface area contributed by atoms with Crippen LogP contribution in [0.3, 0.4) is 0 Å². The average Bonchev–Trinajstić information content (AvgIpc) is 3.57. The van der Waals surface area contributed by atoms with Crippen LogP contribution in [0.25, 0.3) is 0 Å². The minimum atomic E-state index is -0.650. The van der Waals surface area contributed by atoms with Crippen molar-refractivity contribution in [2.24, 2.45) is 62.6 Å². The number of amides is 1. The van der Waals surface area contributed by atoms with Gasteiger partial charge in [0.25, 0.3) is 5.91 Å². The smallest absolute Gasteiger partial charge is 0.307 e. The summed E-state index contributed by atoms with van der Waals surface area (Å²) in [7, 11) is 3.63. The molecule has 5 aliphatic rings. The standard InChI is InChI=1S/C41H67N5O5/c1-24(2)26(5)37(7)17-18-38(8)27-13-14-30-36(6)19-29(46-33(34(47)42-11)44-23-45-46)32(51-21-40(10,43-12)25(3)4)41(30,22-50-20-36)28(27)15-16-39(38,9)31(37)35(48)49/h15,23-27,29-32,43H,13-14,16-22H2,1-12H3,(H,42,47)(H,48,49)/t26-,27+,29-,30-,31-,32+,36-,37-,38-,39+,40+,41+/m1/s1. The van der Waals surface area contributed by atoms with Gasteiger partial charge in [0.15, 0.2) is 0 Å². The van der Waals surface area contributed by atoms with Gasteiger partial charge < -0.3 is 25.2 Å². The van der Waals surface area contributed by atoms with Gasteiger partial charge in [-0.1, -0.05) is 74.0 Å². The van der Waals surface area contributed by atoms with E-state index >= 15 is 0 Å². The number of nitrogens with zero attached hydrogens (tertiary/aromatic N) is 3. The van der Waals surface area contributed by atoms with Crippen LogP contribution in [0.2, 0.25) is 0 Å². The van der Waals surface area contributed by atoms with Crippen molar-refractivity contribution in [2.45, 2.75) is 125 Å². The zero-order valence-electron chi connectivity index (χ0n) is 33.6. The van der Waals surface area contributed by atoms with Crippen LogP contribution in [0.4, 0.5) is 0 Å². The van der Waals surface area contributed by atoms with E-state index in [0.29, 0.717) is 49.8 Å². The van der Waals surface area contributed by atoms with E-state index in [4.69, 9.17) is 14.6 Å². The van der Waals surface area contributed by atoms with E-state index < -0.39 is 22.7 Å². The molecule has 4 aliphatic carbocycles. The summed E-state index contributed by atoms with van der Waals surface area (Å²) < 4.78 is 16.0. The number of hydrogen-bond acceptors (Lipinski definition) is 7. The number of carboxylic acid groups (broad SMARTS) is 1. The van der Waals surface area contributed by atoms with Crippen molar-refractivity contribution in [1.82, 2.24) is 25.4 Å². The number of allylic oxidation sites excluding steroid dienone is 1. The highest BCUT2D eigenvalue weighted by atomic mass is 16.5. The summed E-state index contributed by atoms with van der Waals surface area (Å²) in [6.07, 6.45) is 9.05. The second-order valence-corrected chi connectivity index (χ2v) is 19.3. The molecule has 1 aromatic heterocycles. The number of carbonyl (C=O) groups excluding carboxylic acids is 1. The summed E-state index contributed by atoms with van der Waals surface area (Å²) in [6, 6.07) is -0.243. The molecule has 286 valence electrons. The quantitative estimate of drug-likeness (QED) is 0.227. The predicted molar refractivity (Wildman–Crippen MR) is 198 cm³/mol. The molecule has 0 radical (unpaired) electrons. The number of nitrogens with one attached hydrogen (secondary N) is 2. The zero-order valence-corrected chi connectivity index (χ0v) is 33.6. The summed E-state index contributed by atoms with van der Waals surface area (Å²) in [5.74, 6) is 0.423. The van der Waals surface area contributed by atoms with Gasteiger partial charge >= 0.3 is 5.97 Å². The molecule has 12 atom stereocenters. The minimum absolute atomic E-state index is 0.173. The zero-order chi connectivity index (χ0) is 37.5. The van der Waals surface area contributed by atoms with Crippen LogP contribution in [0.5, 0.6) is 0 Å². The fraction of sp³-hybridized carbons (Fsp3) is 0.854. The summed E-state index contributed by atoms with van der Waals surface area (Å²) in [5.41, 5.74) is -0.467. The van der Waals surface area contributed by atoms with Crippen LogP contribution in [0, 0.1) is 62.6 Å². The van der Waals surface area contributed by atoms with Crippen LogP contribution in [0.1, 0.15) is 124 Å². The van der Waals surface area contributed by atoms with Gasteiger partial charge in [0, 0.05) is 18.0 Å². The van der Waals surface area contributed by atoms with Gasteiger partial charge in [-0.15, -0.1) is 0 Å². The first-order valence-electron chi connectivity index (χ1n) is 19.7. The highest BCUT2D eigenvalue weighted by molar-refractivity contribution is 5.90. The maximum atomic E-state index is 13.6. The Labute approximate surface area is 306 Å². The molecule has 1 amide bonds. The minimum Gasteiger partial charge on any atom is -0.481 e. The molecule has 2 heterocycles. The Kier molecular flexibility index (Phi) is 9.74.